The van der Waals surface area contributed by atoms with Crippen molar-refractivity contribution in [3.8, 4) is 11.3 Å². The molecule has 0 unspecified atom stereocenters. The van der Waals surface area contributed by atoms with Crippen molar-refractivity contribution in [3.05, 3.63) is 53.3 Å². The molecule has 3 rings (SSSR count). The molecule has 1 N–H and O–H groups in total. The summed E-state index contributed by atoms with van der Waals surface area (Å²) in [6.07, 6.45) is 3.25. The number of amides is 1. The number of aryl methyl sites for hydroxylation is 2. The first kappa shape index (κ1) is 16.1. The molecule has 3 aromatic rings. The van der Waals surface area contributed by atoms with Crippen LogP contribution in [0.2, 0.25) is 0 Å². The van der Waals surface area contributed by atoms with Gasteiger partial charge in [-0.15, -0.1) is 0 Å². The zero-order chi connectivity index (χ0) is 17.1. The Morgan fingerprint density at radius 1 is 1.25 bits per heavy atom. The minimum absolute atomic E-state index is 0.202. The zero-order valence-corrected chi connectivity index (χ0v) is 14.0. The van der Waals surface area contributed by atoms with Crippen molar-refractivity contribution >= 4 is 11.6 Å². The van der Waals surface area contributed by atoms with E-state index in [1.54, 1.807) is 24.0 Å². The highest BCUT2D eigenvalue weighted by Gasteiger charge is 2.16. The lowest BCUT2D eigenvalue weighted by Crippen LogP contribution is -2.26. The smallest absolute Gasteiger partial charge is 0.256 e. The Bertz CT molecular complexity index is 886. The molecule has 0 aliphatic carbocycles. The molecule has 1 amide bonds. The van der Waals surface area contributed by atoms with E-state index in [-0.39, 0.29) is 5.91 Å². The number of fused-ring (bicyclic) bond motifs is 1. The summed E-state index contributed by atoms with van der Waals surface area (Å²) in [5, 5.41) is 7.16. The first-order valence-corrected chi connectivity index (χ1v) is 7.79. The van der Waals surface area contributed by atoms with Crippen molar-refractivity contribution < 1.29 is 9.53 Å². The fourth-order valence-corrected chi connectivity index (χ4v) is 2.53. The highest BCUT2D eigenvalue weighted by atomic mass is 16.5. The molecular weight excluding hydrogens is 304 g/mol. The number of hydrogen-bond donors (Lipinski definition) is 1. The van der Waals surface area contributed by atoms with E-state index in [1.807, 2.05) is 6.07 Å². The Morgan fingerprint density at radius 3 is 2.83 bits per heavy atom. The van der Waals surface area contributed by atoms with Crippen molar-refractivity contribution in [2.24, 2.45) is 0 Å². The Labute approximate surface area is 140 Å². The molecule has 1 aromatic carbocycles. The van der Waals surface area contributed by atoms with E-state index in [2.05, 4.69) is 47.4 Å². The minimum atomic E-state index is -0.202. The summed E-state index contributed by atoms with van der Waals surface area (Å²) in [5.74, 6) is -0.202. The molecule has 0 aliphatic heterocycles. The van der Waals surface area contributed by atoms with Crippen LogP contribution in [0.15, 0.2) is 36.7 Å². The molecule has 0 fully saturated rings. The van der Waals surface area contributed by atoms with E-state index in [0.717, 1.165) is 11.3 Å². The van der Waals surface area contributed by atoms with E-state index < -0.39 is 0 Å². The number of hydrogen-bond acceptors (Lipinski definition) is 4. The number of methoxy groups -OCH3 is 1. The highest BCUT2D eigenvalue weighted by molar-refractivity contribution is 5.99. The Morgan fingerprint density at radius 2 is 2.08 bits per heavy atom. The molecule has 0 saturated carbocycles. The molecular formula is C18H20N4O2. The Hall–Kier alpha value is -2.73. The van der Waals surface area contributed by atoms with Crippen LogP contribution < -0.4 is 5.32 Å². The molecule has 0 radical (unpaired) electrons. The summed E-state index contributed by atoms with van der Waals surface area (Å²) >= 11 is 0. The lowest BCUT2D eigenvalue weighted by atomic mass is 10.0. The summed E-state index contributed by atoms with van der Waals surface area (Å²) in [6, 6.07) is 8.15. The average molecular weight is 324 g/mol. The lowest BCUT2D eigenvalue weighted by Gasteiger charge is -2.08. The molecule has 0 atom stereocenters. The maximum Gasteiger partial charge on any atom is 0.256 e. The first-order chi connectivity index (χ1) is 11.6. The maximum atomic E-state index is 12.3. The van der Waals surface area contributed by atoms with E-state index in [4.69, 9.17) is 4.74 Å². The number of nitrogens with one attached hydrogen (secondary N) is 1. The molecule has 0 bridgehead atoms. The second-order valence-corrected chi connectivity index (χ2v) is 5.67. The number of carbonyl (C=O) groups is 1. The highest BCUT2D eigenvalue weighted by Crippen LogP contribution is 2.23. The van der Waals surface area contributed by atoms with Gasteiger partial charge in [0.1, 0.15) is 5.56 Å². The van der Waals surface area contributed by atoms with Crippen LogP contribution >= 0.6 is 0 Å². The largest absolute Gasteiger partial charge is 0.383 e. The van der Waals surface area contributed by atoms with Crippen molar-refractivity contribution in [2.75, 3.05) is 20.3 Å². The van der Waals surface area contributed by atoms with E-state index in [0.29, 0.717) is 24.4 Å². The SMILES string of the molecule is COCCNC(=O)c1cnn2c(-c3ccc(C)c(C)c3)ccnc12. The third-order valence-corrected chi connectivity index (χ3v) is 4.04. The number of carbonyl (C=O) groups excluding carboxylic acids is 1. The van der Waals surface area contributed by atoms with Crippen molar-refractivity contribution in [1.29, 1.82) is 0 Å². The van der Waals surface area contributed by atoms with Crippen LogP contribution in [0.5, 0.6) is 0 Å². The minimum Gasteiger partial charge on any atom is -0.383 e. The lowest BCUT2D eigenvalue weighted by molar-refractivity contribution is 0.0938. The second-order valence-electron chi connectivity index (χ2n) is 5.67. The second kappa shape index (κ2) is 6.80. The quantitative estimate of drug-likeness (QED) is 0.732. The van der Waals surface area contributed by atoms with Gasteiger partial charge >= 0.3 is 0 Å². The third-order valence-electron chi connectivity index (χ3n) is 4.04. The van der Waals surface area contributed by atoms with Crippen molar-refractivity contribution in [3.63, 3.8) is 0 Å². The summed E-state index contributed by atoms with van der Waals surface area (Å²) in [6.45, 7) is 5.07. The number of benzene rings is 1. The van der Waals surface area contributed by atoms with Crippen LogP contribution in [0.1, 0.15) is 21.5 Å². The third kappa shape index (κ3) is 3.00. The number of aromatic nitrogens is 3. The number of nitrogens with zero attached hydrogens (tertiary/aromatic N) is 3. The molecule has 2 aromatic heterocycles. The van der Waals surface area contributed by atoms with Gasteiger partial charge in [0.2, 0.25) is 0 Å². The molecule has 6 nitrogen and oxygen atoms in total. The molecule has 0 aliphatic rings. The van der Waals surface area contributed by atoms with Gasteiger partial charge in [0.15, 0.2) is 5.65 Å². The van der Waals surface area contributed by atoms with Crippen molar-refractivity contribution in [2.45, 2.75) is 13.8 Å². The Kier molecular flexibility index (Phi) is 4.57. The van der Waals surface area contributed by atoms with Gasteiger partial charge in [-0.05, 0) is 37.1 Å². The molecule has 124 valence electrons. The van der Waals surface area contributed by atoms with Gasteiger partial charge in [0.05, 0.1) is 18.5 Å². The van der Waals surface area contributed by atoms with Gasteiger partial charge in [0, 0.05) is 25.4 Å². The number of ether oxygens (including phenoxy) is 1. The molecule has 0 spiro atoms. The molecule has 6 heteroatoms. The normalized spacial score (nSPS) is 11.0. The first-order valence-electron chi connectivity index (χ1n) is 7.79. The monoisotopic (exact) mass is 324 g/mol. The average Bonchev–Trinajstić information content (AvgIpc) is 3.01. The summed E-state index contributed by atoms with van der Waals surface area (Å²) < 4.78 is 6.65. The van der Waals surface area contributed by atoms with Crippen LogP contribution in [0.25, 0.3) is 16.9 Å². The summed E-state index contributed by atoms with van der Waals surface area (Å²) in [7, 11) is 1.60. The molecule has 2 heterocycles. The van der Waals surface area contributed by atoms with Gasteiger partial charge in [-0.3, -0.25) is 4.79 Å². The summed E-state index contributed by atoms with van der Waals surface area (Å²) in [4.78, 5) is 16.6. The van der Waals surface area contributed by atoms with Gasteiger partial charge in [-0.25, -0.2) is 9.50 Å². The topological polar surface area (TPSA) is 68.5 Å². The van der Waals surface area contributed by atoms with E-state index in [1.165, 1.54) is 11.1 Å². The van der Waals surface area contributed by atoms with Crippen LogP contribution in [0.3, 0.4) is 0 Å². The Balaban J connectivity index is 2.00. The standard InChI is InChI=1S/C18H20N4O2/c1-12-4-5-14(10-13(12)2)16-6-7-19-17-15(11-21-22(16)17)18(23)20-8-9-24-3/h4-7,10-11H,8-9H2,1-3H3,(H,20,23). The van der Waals surface area contributed by atoms with Gasteiger partial charge in [-0.2, -0.15) is 5.10 Å². The predicted octanol–water partition coefficient (Wildman–Crippen LogP) is 2.39. The maximum absolute atomic E-state index is 12.3. The fraction of sp³-hybridized carbons (Fsp3) is 0.278. The van der Waals surface area contributed by atoms with Crippen LogP contribution in [0, 0.1) is 13.8 Å². The molecule has 24 heavy (non-hydrogen) atoms. The predicted molar refractivity (Wildman–Crippen MR) is 92.1 cm³/mol. The van der Waals surface area contributed by atoms with Gasteiger partial charge in [0.25, 0.3) is 5.91 Å². The van der Waals surface area contributed by atoms with Gasteiger partial charge in [-0.1, -0.05) is 12.1 Å². The van der Waals surface area contributed by atoms with Gasteiger partial charge < -0.3 is 10.1 Å². The number of rotatable bonds is 5. The fourth-order valence-electron chi connectivity index (χ4n) is 2.53. The van der Waals surface area contributed by atoms with Crippen molar-refractivity contribution in [1.82, 2.24) is 19.9 Å². The van der Waals surface area contributed by atoms with E-state index in [9.17, 15) is 4.79 Å². The van der Waals surface area contributed by atoms with Crippen LogP contribution in [-0.4, -0.2) is 40.8 Å². The van der Waals surface area contributed by atoms with Crippen LogP contribution in [-0.2, 0) is 4.74 Å². The zero-order valence-electron chi connectivity index (χ0n) is 14.0. The van der Waals surface area contributed by atoms with Crippen LogP contribution in [0.4, 0.5) is 0 Å². The summed E-state index contributed by atoms with van der Waals surface area (Å²) in [5.41, 5.74) is 5.39. The van der Waals surface area contributed by atoms with E-state index >= 15 is 0 Å². The molecule has 0 saturated heterocycles.